The smallest absolute Gasteiger partial charge is 0.307 e. The maximum atomic E-state index is 12.8. The number of carboxylic acids is 1. The van der Waals surface area contributed by atoms with Crippen molar-refractivity contribution in [3.05, 3.63) is 55.1 Å². The molecule has 1 aromatic carbocycles. The van der Waals surface area contributed by atoms with Crippen LogP contribution >= 0.6 is 0 Å². The summed E-state index contributed by atoms with van der Waals surface area (Å²) in [7, 11) is -3.90. The van der Waals surface area contributed by atoms with Gasteiger partial charge in [0, 0.05) is 12.0 Å². The molecule has 4 unspecified atom stereocenters. The lowest BCUT2D eigenvalue weighted by atomic mass is 9.71. The van der Waals surface area contributed by atoms with Crippen LogP contribution in [0.25, 0.3) is 0 Å². The molecule has 28 heavy (non-hydrogen) atoms. The highest BCUT2D eigenvalue weighted by molar-refractivity contribution is 7.86. The van der Waals surface area contributed by atoms with E-state index in [4.69, 9.17) is 4.18 Å². The lowest BCUT2D eigenvalue weighted by Gasteiger charge is -2.33. The molecule has 2 N–H and O–H groups in total. The Hall–Kier alpha value is -2.45. The molecule has 3 rings (SSSR count). The van der Waals surface area contributed by atoms with Crippen molar-refractivity contribution in [1.82, 2.24) is 5.32 Å². The van der Waals surface area contributed by atoms with Crippen molar-refractivity contribution in [3.8, 4) is 0 Å². The number of fused-ring (bicyclic) bond motifs is 2. The van der Waals surface area contributed by atoms with Gasteiger partial charge in [-0.3, -0.25) is 13.8 Å². The quantitative estimate of drug-likeness (QED) is 0.369. The van der Waals surface area contributed by atoms with E-state index in [9.17, 15) is 23.1 Å². The summed E-state index contributed by atoms with van der Waals surface area (Å²) >= 11 is 0. The topological polar surface area (TPSA) is 110 Å². The minimum atomic E-state index is -3.90. The fourth-order valence-corrected chi connectivity index (χ4v) is 5.29. The number of carboxylic acid groups (broad SMARTS) is 1. The fraction of sp³-hybridized carbons (Fsp3) is 0.400. The van der Waals surface area contributed by atoms with E-state index in [2.05, 4.69) is 11.9 Å². The SMILES string of the molecule is C=CCC12C=CC(C1)C(C(=O)O)C2C(=O)NCCOS(=O)(=O)c1ccccc1. The number of allylic oxidation sites excluding steroid dienone is 3. The molecule has 1 fully saturated rings. The van der Waals surface area contributed by atoms with Gasteiger partial charge >= 0.3 is 5.97 Å². The van der Waals surface area contributed by atoms with Gasteiger partial charge in [0.2, 0.25) is 5.91 Å². The average Bonchev–Trinajstić information content (AvgIpc) is 3.22. The Kier molecular flexibility index (Phi) is 5.71. The van der Waals surface area contributed by atoms with E-state index < -0.39 is 39.2 Å². The molecule has 1 amide bonds. The predicted octanol–water partition coefficient (Wildman–Crippen LogP) is 1.98. The van der Waals surface area contributed by atoms with Crippen LogP contribution in [0.1, 0.15) is 12.8 Å². The first kappa shape index (κ1) is 20.3. The molecule has 1 aromatic rings. The number of carbonyl (C=O) groups is 2. The van der Waals surface area contributed by atoms with Gasteiger partial charge in [-0.15, -0.1) is 6.58 Å². The summed E-state index contributed by atoms with van der Waals surface area (Å²) in [6, 6.07) is 7.72. The predicted molar refractivity (Wildman–Crippen MR) is 102 cm³/mol. The van der Waals surface area contributed by atoms with Crippen LogP contribution in [-0.4, -0.2) is 38.6 Å². The van der Waals surface area contributed by atoms with E-state index >= 15 is 0 Å². The van der Waals surface area contributed by atoms with Crippen molar-refractivity contribution in [2.75, 3.05) is 13.2 Å². The summed E-state index contributed by atoms with van der Waals surface area (Å²) in [5.74, 6) is -3.09. The Labute approximate surface area is 164 Å². The van der Waals surface area contributed by atoms with Crippen molar-refractivity contribution in [1.29, 1.82) is 0 Å². The molecule has 0 aliphatic heterocycles. The van der Waals surface area contributed by atoms with Crippen LogP contribution in [0, 0.1) is 23.2 Å². The van der Waals surface area contributed by atoms with E-state index in [0.29, 0.717) is 12.8 Å². The van der Waals surface area contributed by atoms with Crippen molar-refractivity contribution in [2.45, 2.75) is 17.7 Å². The summed E-state index contributed by atoms with van der Waals surface area (Å²) in [5, 5.41) is 12.2. The van der Waals surface area contributed by atoms with Gasteiger partial charge in [-0.05, 0) is 30.9 Å². The highest BCUT2D eigenvalue weighted by atomic mass is 32.2. The second-order valence-electron chi connectivity index (χ2n) is 7.17. The van der Waals surface area contributed by atoms with Gasteiger partial charge in [-0.25, -0.2) is 0 Å². The molecule has 0 saturated heterocycles. The molecular formula is C20H23NO6S. The lowest BCUT2D eigenvalue weighted by Crippen LogP contribution is -2.45. The number of hydrogen-bond acceptors (Lipinski definition) is 5. The average molecular weight is 405 g/mol. The Bertz CT molecular complexity index is 895. The normalized spacial score (nSPS) is 28.2. The van der Waals surface area contributed by atoms with Crippen LogP contribution in [0.3, 0.4) is 0 Å². The zero-order valence-corrected chi connectivity index (χ0v) is 16.1. The molecule has 150 valence electrons. The number of hydrogen-bond donors (Lipinski definition) is 2. The molecule has 0 spiro atoms. The molecule has 2 aliphatic rings. The van der Waals surface area contributed by atoms with Gasteiger partial charge in [0.25, 0.3) is 10.1 Å². The first-order chi connectivity index (χ1) is 13.3. The van der Waals surface area contributed by atoms with Crippen LogP contribution < -0.4 is 5.32 Å². The van der Waals surface area contributed by atoms with Crippen LogP contribution in [0.5, 0.6) is 0 Å². The minimum absolute atomic E-state index is 0.0354. The number of carbonyl (C=O) groups excluding carboxylic acids is 1. The summed E-state index contributed by atoms with van der Waals surface area (Å²) in [5.41, 5.74) is -0.545. The van der Waals surface area contributed by atoms with Gasteiger partial charge in [0.05, 0.1) is 23.3 Å². The van der Waals surface area contributed by atoms with E-state index in [-0.39, 0.29) is 24.0 Å². The Morgan fingerprint density at radius 3 is 2.68 bits per heavy atom. The zero-order chi connectivity index (χ0) is 20.4. The van der Waals surface area contributed by atoms with Crippen LogP contribution in [0.4, 0.5) is 0 Å². The van der Waals surface area contributed by atoms with Gasteiger partial charge in [0.1, 0.15) is 0 Å². The van der Waals surface area contributed by atoms with E-state index in [1.165, 1.54) is 12.1 Å². The van der Waals surface area contributed by atoms with E-state index in [1.807, 2.05) is 12.2 Å². The summed E-state index contributed by atoms with van der Waals surface area (Å²) in [4.78, 5) is 24.5. The van der Waals surface area contributed by atoms with Gasteiger partial charge < -0.3 is 10.4 Å². The number of rotatable bonds is 9. The van der Waals surface area contributed by atoms with E-state index in [0.717, 1.165) is 0 Å². The number of benzene rings is 1. The number of aliphatic carboxylic acids is 1. The molecule has 0 aromatic heterocycles. The minimum Gasteiger partial charge on any atom is -0.481 e. The van der Waals surface area contributed by atoms with Gasteiger partial charge in [0.15, 0.2) is 0 Å². The number of amides is 1. The second kappa shape index (κ2) is 7.89. The maximum Gasteiger partial charge on any atom is 0.307 e. The molecule has 7 nitrogen and oxygen atoms in total. The third-order valence-electron chi connectivity index (χ3n) is 5.49. The molecule has 0 radical (unpaired) electrons. The molecule has 8 heteroatoms. The Morgan fingerprint density at radius 2 is 2.04 bits per heavy atom. The zero-order valence-electron chi connectivity index (χ0n) is 15.3. The van der Waals surface area contributed by atoms with Crippen molar-refractivity contribution >= 4 is 22.0 Å². The highest BCUT2D eigenvalue weighted by Crippen LogP contribution is 2.58. The van der Waals surface area contributed by atoms with Crippen molar-refractivity contribution in [3.63, 3.8) is 0 Å². The second-order valence-corrected chi connectivity index (χ2v) is 8.79. The lowest BCUT2D eigenvalue weighted by molar-refractivity contribution is -0.148. The van der Waals surface area contributed by atoms with E-state index in [1.54, 1.807) is 24.3 Å². The Morgan fingerprint density at radius 1 is 1.32 bits per heavy atom. The maximum absolute atomic E-state index is 12.8. The van der Waals surface area contributed by atoms with Gasteiger partial charge in [-0.2, -0.15) is 8.42 Å². The first-order valence-corrected chi connectivity index (χ1v) is 10.5. The molecule has 1 saturated carbocycles. The third-order valence-corrected chi connectivity index (χ3v) is 6.82. The summed E-state index contributed by atoms with van der Waals surface area (Å²) < 4.78 is 29.1. The van der Waals surface area contributed by atoms with Crippen LogP contribution in [0.15, 0.2) is 60.0 Å². The molecule has 2 aliphatic carbocycles. The standard InChI is InChI=1S/C20H23NO6S/c1-2-9-20-10-8-14(13-20)16(19(23)24)17(20)18(22)21-11-12-27-28(25,26)15-6-4-3-5-7-15/h2-8,10,14,16-17H,1,9,11-13H2,(H,21,22)(H,23,24). The molecule has 0 heterocycles. The monoisotopic (exact) mass is 405 g/mol. The summed E-state index contributed by atoms with van der Waals surface area (Å²) in [6.45, 7) is 3.46. The largest absolute Gasteiger partial charge is 0.481 e. The molecule has 2 bridgehead atoms. The number of nitrogens with one attached hydrogen (secondary N) is 1. The first-order valence-electron chi connectivity index (χ1n) is 9.06. The van der Waals surface area contributed by atoms with Gasteiger partial charge in [-0.1, -0.05) is 36.4 Å². The summed E-state index contributed by atoms with van der Waals surface area (Å²) in [6.07, 6.45) is 6.63. The van der Waals surface area contributed by atoms with Crippen molar-refractivity contribution < 1.29 is 27.3 Å². The Balaban J connectivity index is 1.62. The highest BCUT2D eigenvalue weighted by Gasteiger charge is 2.59. The van der Waals surface area contributed by atoms with Crippen LogP contribution in [0.2, 0.25) is 0 Å². The van der Waals surface area contributed by atoms with Crippen molar-refractivity contribution in [2.24, 2.45) is 23.2 Å². The third kappa shape index (κ3) is 3.74. The van der Waals surface area contributed by atoms with Crippen LogP contribution in [-0.2, 0) is 23.9 Å². The fourth-order valence-electron chi connectivity index (χ4n) is 4.36. The molecule has 4 atom stereocenters. The molecular weight excluding hydrogens is 382 g/mol.